The summed E-state index contributed by atoms with van der Waals surface area (Å²) in [6.07, 6.45) is 5.19. The summed E-state index contributed by atoms with van der Waals surface area (Å²) in [6.45, 7) is 8.14. The van der Waals surface area contributed by atoms with Crippen LogP contribution < -0.4 is 4.74 Å². The predicted molar refractivity (Wildman–Crippen MR) is 146 cm³/mol. The van der Waals surface area contributed by atoms with Crippen LogP contribution in [0.4, 0.5) is 9.18 Å². The summed E-state index contributed by atoms with van der Waals surface area (Å²) in [5, 5.41) is 0. The Kier molecular flexibility index (Phi) is 7.32. The van der Waals surface area contributed by atoms with Gasteiger partial charge >= 0.3 is 12.1 Å². The molecule has 0 saturated carbocycles. The molecule has 1 fully saturated rings. The van der Waals surface area contributed by atoms with Gasteiger partial charge in [-0.15, -0.1) is 0 Å². The number of aryl methyl sites for hydroxylation is 1. The molecular weight excluding hydrogens is 497 g/mol. The van der Waals surface area contributed by atoms with Crippen LogP contribution in [0.3, 0.4) is 0 Å². The average Bonchev–Trinajstić information content (AvgIpc) is 3.35. The zero-order chi connectivity index (χ0) is 27.6. The third-order valence-corrected chi connectivity index (χ3v) is 6.44. The van der Waals surface area contributed by atoms with Crippen LogP contribution in [0.15, 0.2) is 67.1 Å². The molecule has 8 nitrogen and oxygen atoms in total. The molecule has 1 aliphatic rings. The number of rotatable bonds is 5. The van der Waals surface area contributed by atoms with Crippen molar-refractivity contribution in [1.82, 2.24) is 24.4 Å². The minimum absolute atomic E-state index is 0.182. The normalized spacial score (nSPS) is 15.7. The molecule has 0 spiro atoms. The summed E-state index contributed by atoms with van der Waals surface area (Å²) in [7, 11) is 0. The van der Waals surface area contributed by atoms with E-state index >= 15 is 0 Å². The third kappa shape index (κ3) is 6.08. The Bertz CT molecular complexity index is 1440. The van der Waals surface area contributed by atoms with Crippen LogP contribution in [0, 0.1) is 12.7 Å². The monoisotopic (exact) mass is 529 g/mol. The van der Waals surface area contributed by atoms with E-state index in [1.807, 2.05) is 56.5 Å². The fourth-order valence-electron chi connectivity index (χ4n) is 4.63. The van der Waals surface area contributed by atoms with Crippen molar-refractivity contribution in [1.29, 1.82) is 0 Å². The smallest absolute Gasteiger partial charge is 0.411 e. The first-order valence-electron chi connectivity index (χ1n) is 13.1. The number of amides is 1. The number of halogens is 1. The highest BCUT2D eigenvalue weighted by Crippen LogP contribution is 2.37. The summed E-state index contributed by atoms with van der Waals surface area (Å²) in [5.74, 6) is 0.285. The summed E-state index contributed by atoms with van der Waals surface area (Å²) < 4.78 is 27.4. The first kappa shape index (κ1) is 26.3. The van der Waals surface area contributed by atoms with E-state index in [0.29, 0.717) is 29.4 Å². The van der Waals surface area contributed by atoms with E-state index in [1.54, 1.807) is 35.6 Å². The molecule has 0 aliphatic carbocycles. The van der Waals surface area contributed by atoms with Crippen molar-refractivity contribution >= 4 is 6.09 Å². The van der Waals surface area contributed by atoms with Gasteiger partial charge in [0, 0.05) is 18.3 Å². The molecule has 3 heterocycles. The van der Waals surface area contributed by atoms with Gasteiger partial charge in [-0.1, -0.05) is 17.7 Å². The first-order valence-corrected chi connectivity index (χ1v) is 13.1. The lowest BCUT2D eigenvalue weighted by Crippen LogP contribution is -2.44. The van der Waals surface area contributed by atoms with Crippen molar-refractivity contribution < 1.29 is 18.7 Å². The highest BCUT2D eigenvalue weighted by Gasteiger charge is 2.34. The number of carbonyl (C=O) groups is 1. The zero-order valence-corrected chi connectivity index (χ0v) is 22.6. The van der Waals surface area contributed by atoms with Gasteiger partial charge in [0.25, 0.3) is 0 Å². The maximum Gasteiger partial charge on any atom is 0.411 e. The number of aromatic nitrogens is 4. The molecule has 0 bridgehead atoms. The Labute approximate surface area is 227 Å². The van der Waals surface area contributed by atoms with Crippen LogP contribution >= 0.6 is 0 Å². The molecule has 1 amide bonds. The Balaban J connectivity index is 1.58. The van der Waals surface area contributed by atoms with E-state index in [-0.39, 0.29) is 24.1 Å². The maximum atomic E-state index is 13.8. The van der Waals surface area contributed by atoms with Gasteiger partial charge < -0.3 is 14.0 Å². The zero-order valence-electron chi connectivity index (χ0n) is 22.6. The Morgan fingerprint density at radius 3 is 2.46 bits per heavy atom. The van der Waals surface area contributed by atoms with E-state index in [1.165, 1.54) is 12.1 Å². The van der Waals surface area contributed by atoms with Crippen molar-refractivity contribution in [3.63, 3.8) is 0 Å². The van der Waals surface area contributed by atoms with Gasteiger partial charge in [0.2, 0.25) is 0 Å². The summed E-state index contributed by atoms with van der Waals surface area (Å²) >= 11 is 0. The Hall–Kier alpha value is -4.27. The number of benzene rings is 2. The predicted octanol–water partition coefficient (Wildman–Crippen LogP) is 7.17. The Morgan fingerprint density at radius 1 is 1.00 bits per heavy atom. The molecule has 1 aliphatic heterocycles. The molecule has 4 aromatic rings. The van der Waals surface area contributed by atoms with E-state index in [9.17, 15) is 9.18 Å². The van der Waals surface area contributed by atoms with E-state index in [0.717, 1.165) is 30.4 Å². The van der Waals surface area contributed by atoms with Gasteiger partial charge in [-0.25, -0.2) is 19.2 Å². The number of imidazole rings is 1. The molecule has 2 aromatic carbocycles. The van der Waals surface area contributed by atoms with Gasteiger partial charge in [-0.2, -0.15) is 4.98 Å². The highest BCUT2D eigenvalue weighted by atomic mass is 19.1. The minimum atomic E-state index is -0.620. The molecule has 39 heavy (non-hydrogen) atoms. The van der Waals surface area contributed by atoms with Crippen LogP contribution in [0.5, 0.6) is 11.8 Å². The lowest BCUT2D eigenvalue weighted by Gasteiger charge is -2.38. The SMILES string of the molecule is Cc1ccc(Oc2nccc(-c3c(-c4ccc(F)cc4)ncn3C3CCCCN3C(=O)OC(C)(C)C)n2)cc1. The van der Waals surface area contributed by atoms with Crippen LogP contribution in [0.25, 0.3) is 22.6 Å². The highest BCUT2D eigenvalue weighted by molar-refractivity contribution is 5.77. The van der Waals surface area contributed by atoms with Crippen LogP contribution in [-0.2, 0) is 4.74 Å². The second kappa shape index (κ2) is 10.8. The number of hydrogen-bond acceptors (Lipinski definition) is 6. The lowest BCUT2D eigenvalue weighted by atomic mass is 10.1. The largest absolute Gasteiger partial charge is 0.444 e. The van der Waals surface area contributed by atoms with Crippen molar-refractivity contribution in [3.8, 4) is 34.4 Å². The Morgan fingerprint density at radius 2 is 1.74 bits per heavy atom. The second-order valence-corrected chi connectivity index (χ2v) is 10.6. The molecule has 1 saturated heterocycles. The van der Waals surface area contributed by atoms with E-state index < -0.39 is 5.60 Å². The first-order chi connectivity index (χ1) is 18.7. The molecule has 0 N–H and O–H groups in total. The summed E-state index contributed by atoms with van der Waals surface area (Å²) in [5.41, 5.74) is 3.09. The molecule has 1 unspecified atom stereocenters. The molecule has 202 valence electrons. The number of nitrogens with zero attached hydrogens (tertiary/aromatic N) is 5. The fourth-order valence-corrected chi connectivity index (χ4v) is 4.63. The minimum Gasteiger partial charge on any atom is -0.444 e. The number of hydrogen-bond donors (Lipinski definition) is 0. The average molecular weight is 530 g/mol. The molecular formula is C30H32FN5O3. The van der Waals surface area contributed by atoms with E-state index in [2.05, 4.69) is 4.98 Å². The molecule has 1 atom stereocenters. The lowest BCUT2D eigenvalue weighted by molar-refractivity contribution is -0.000908. The fraction of sp³-hybridized carbons (Fsp3) is 0.333. The van der Waals surface area contributed by atoms with Crippen LogP contribution in [0.1, 0.15) is 51.8 Å². The van der Waals surface area contributed by atoms with Gasteiger partial charge in [0.05, 0.1) is 23.4 Å². The van der Waals surface area contributed by atoms with Crippen LogP contribution in [-0.4, -0.2) is 42.7 Å². The number of piperidine rings is 1. The van der Waals surface area contributed by atoms with Crippen molar-refractivity contribution in [2.24, 2.45) is 0 Å². The number of ether oxygens (including phenoxy) is 2. The summed E-state index contributed by atoms with van der Waals surface area (Å²) in [4.78, 5) is 28.7. The van der Waals surface area contributed by atoms with Crippen molar-refractivity contribution in [2.75, 3.05) is 6.54 Å². The van der Waals surface area contributed by atoms with E-state index in [4.69, 9.17) is 19.4 Å². The van der Waals surface area contributed by atoms with Gasteiger partial charge in [-0.05, 0) is 89.4 Å². The van der Waals surface area contributed by atoms with Gasteiger partial charge in [-0.3, -0.25) is 4.90 Å². The molecule has 2 aromatic heterocycles. The molecule has 9 heteroatoms. The molecule has 0 radical (unpaired) electrons. The van der Waals surface area contributed by atoms with Crippen molar-refractivity contribution in [2.45, 2.75) is 58.7 Å². The van der Waals surface area contributed by atoms with Gasteiger partial charge in [0.15, 0.2) is 0 Å². The third-order valence-electron chi connectivity index (χ3n) is 6.44. The molecule has 5 rings (SSSR count). The number of likely N-dealkylation sites (tertiary alicyclic amines) is 1. The van der Waals surface area contributed by atoms with Gasteiger partial charge in [0.1, 0.15) is 23.3 Å². The maximum absolute atomic E-state index is 13.8. The topological polar surface area (TPSA) is 82.4 Å². The quantitative estimate of drug-likeness (QED) is 0.273. The summed E-state index contributed by atoms with van der Waals surface area (Å²) in [6, 6.07) is 15.8. The number of carbonyl (C=O) groups excluding carboxylic acids is 1. The standard InChI is InChI=1S/C30H32FN5O3/c1-20-8-14-23(15-9-20)38-28-32-17-16-24(34-28)27-26(21-10-12-22(31)13-11-21)33-19-36(27)25-7-5-6-18-35(25)29(37)39-30(2,3)4/h8-17,19,25H,5-7,18H2,1-4H3. The van der Waals surface area contributed by atoms with Crippen molar-refractivity contribution in [3.05, 3.63) is 78.5 Å². The second-order valence-electron chi connectivity index (χ2n) is 10.6. The van der Waals surface area contributed by atoms with Crippen LogP contribution in [0.2, 0.25) is 0 Å².